The molecule has 3 heteroatoms. The van der Waals surface area contributed by atoms with Gasteiger partial charge in [-0.05, 0) is 37.0 Å². The summed E-state index contributed by atoms with van der Waals surface area (Å²) in [6.45, 7) is 2.54. The third kappa shape index (κ3) is 3.84. The molecule has 1 fully saturated rings. The predicted octanol–water partition coefficient (Wildman–Crippen LogP) is 2.72. The largest absolute Gasteiger partial charge is 0.325 e. The molecule has 0 bridgehead atoms. The molecule has 1 amide bonds. The van der Waals surface area contributed by atoms with Crippen molar-refractivity contribution >= 4 is 11.6 Å². The normalized spacial score (nSPS) is 15.8. The third-order valence-corrected chi connectivity index (χ3v) is 3.55. The van der Waals surface area contributed by atoms with Crippen molar-refractivity contribution in [1.82, 2.24) is 5.32 Å². The number of hydrogen-bond donors (Lipinski definition) is 2. The number of carbonyl (C=O) groups excluding carboxylic acids is 1. The lowest BCUT2D eigenvalue weighted by Gasteiger charge is -2.11. The second-order valence-corrected chi connectivity index (χ2v) is 4.96. The highest BCUT2D eigenvalue weighted by molar-refractivity contribution is 5.92. The SMILES string of the molecule is CCc1ccc(NC(=O)CNC2CCCC2)cc1. The third-order valence-electron chi connectivity index (χ3n) is 3.55. The zero-order chi connectivity index (χ0) is 12.8. The fourth-order valence-corrected chi connectivity index (χ4v) is 2.40. The van der Waals surface area contributed by atoms with E-state index in [9.17, 15) is 4.79 Å². The van der Waals surface area contributed by atoms with Gasteiger partial charge in [-0.25, -0.2) is 0 Å². The molecule has 0 heterocycles. The van der Waals surface area contributed by atoms with Crippen LogP contribution >= 0.6 is 0 Å². The Kier molecular flexibility index (Phi) is 4.76. The van der Waals surface area contributed by atoms with Gasteiger partial charge in [-0.1, -0.05) is 31.9 Å². The van der Waals surface area contributed by atoms with E-state index in [0.717, 1.165) is 12.1 Å². The summed E-state index contributed by atoms with van der Waals surface area (Å²) >= 11 is 0. The standard InChI is InChI=1S/C15H22N2O/c1-2-12-7-9-14(10-8-12)17-15(18)11-16-13-5-3-4-6-13/h7-10,13,16H,2-6,11H2,1H3,(H,17,18). The number of amides is 1. The summed E-state index contributed by atoms with van der Waals surface area (Å²) in [6, 6.07) is 8.58. The topological polar surface area (TPSA) is 41.1 Å². The van der Waals surface area contributed by atoms with Crippen LogP contribution in [0.4, 0.5) is 5.69 Å². The Morgan fingerprint density at radius 1 is 1.22 bits per heavy atom. The van der Waals surface area contributed by atoms with Crippen LogP contribution < -0.4 is 10.6 Å². The van der Waals surface area contributed by atoms with Crippen molar-refractivity contribution in [2.24, 2.45) is 0 Å². The lowest BCUT2D eigenvalue weighted by atomic mass is 10.1. The van der Waals surface area contributed by atoms with Gasteiger partial charge in [-0.15, -0.1) is 0 Å². The first kappa shape index (κ1) is 13.1. The van der Waals surface area contributed by atoms with Gasteiger partial charge in [0.2, 0.25) is 5.91 Å². The minimum Gasteiger partial charge on any atom is -0.325 e. The molecule has 2 N–H and O–H groups in total. The lowest BCUT2D eigenvalue weighted by molar-refractivity contribution is -0.115. The first-order valence-corrected chi connectivity index (χ1v) is 6.90. The van der Waals surface area contributed by atoms with E-state index in [0.29, 0.717) is 12.6 Å². The van der Waals surface area contributed by atoms with Crippen molar-refractivity contribution in [2.45, 2.75) is 45.1 Å². The van der Waals surface area contributed by atoms with E-state index < -0.39 is 0 Å². The molecule has 1 aromatic rings. The summed E-state index contributed by atoms with van der Waals surface area (Å²) < 4.78 is 0. The zero-order valence-corrected chi connectivity index (χ0v) is 11.0. The summed E-state index contributed by atoms with van der Waals surface area (Å²) in [5.41, 5.74) is 2.17. The molecule has 0 unspecified atom stereocenters. The molecular formula is C15H22N2O. The summed E-state index contributed by atoms with van der Waals surface area (Å²) in [7, 11) is 0. The Labute approximate surface area is 109 Å². The highest BCUT2D eigenvalue weighted by Gasteiger charge is 2.15. The smallest absolute Gasteiger partial charge is 0.238 e. The van der Waals surface area contributed by atoms with Gasteiger partial charge in [0.05, 0.1) is 6.54 Å². The highest BCUT2D eigenvalue weighted by atomic mass is 16.1. The average molecular weight is 246 g/mol. The number of anilines is 1. The molecule has 18 heavy (non-hydrogen) atoms. The molecule has 3 nitrogen and oxygen atoms in total. The molecule has 0 saturated heterocycles. The average Bonchev–Trinajstić information content (AvgIpc) is 2.90. The van der Waals surface area contributed by atoms with Crippen LogP contribution in [0.25, 0.3) is 0 Å². The van der Waals surface area contributed by atoms with Crippen LogP contribution in [0.5, 0.6) is 0 Å². The number of nitrogens with one attached hydrogen (secondary N) is 2. The van der Waals surface area contributed by atoms with Gasteiger partial charge in [-0.3, -0.25) is 4.79 Å². The fraction of sp³-hybridized carbons (Fsp3) is 0.533. The van der Waals surface area contributed by atoms with Crippen molar-refractivity contribution in [2.75, 3.05) is 11.9 Å². The lowest BCUT2D eigenvalue weighted by Crippen LogP contribution is -2.34. The van der Waals surface area contributed by atoms with Gasteiger partial charge < -0.3 is 10.6 Å². The predicted molar refractivity (Wildman–Crippen MR) is 74.7 cm³/mol. The van der Waals surface area contributed by atoms with Gasteiger partial charge in [0.1, 0.15) is 0 Å². The number of hydrogen-bond acceptors (Lipinski definition) is 2. The van der Waals surface area contributed by atoms with E-state index >= 15 is 0 Å². The van der Waals surface area contributed by atoms with Crippen LogP contribution in [-0.2, 0) is 11.2 Å². The Morgan fingerprint density at radius 2 is 1.89 bits per heavy atom. The molecule has 0 spiro atoms. The summed E-state index contributed by atoms with van der Waals surface area (Å²) in [5.74, 6) is 0.0474. The van der Waals surface area contributed by atoms with E-state index in [2.05, 4.69) is 29.7 Å². The second kappa shape index (κ2) is 6.55. The van der Waals surface area contributed by atoms with Gasteiger partial charge in [0.15, 0.2) is 0 Å². The van der Waals surface area contributed by atoms with Gasteiger partial charge in [0.25, 0.3) is 0 Å². The minimum atomic E-state index is 0.0474. The number of benzene rings is 1. The Balaban J connectivity index is 1.75. The van der Waals surface area contributed by atoms with Gasteiger partial charge in [0, 0.05) is 11.7 Å². The van der Waals surface area contributed by atoms with Crippen LogP contribution in [-0.4, -0.2) is 18.5 Å². The van der Waals surface area contributed by atoms with Crippen molar-refractivity contribution in [3.05, 3.63) is 29.8 Å². The zero-order valence-electron chi connectivity index (χ0n) is 11.0. The Morgan fingerprint density at radius 3 is 2.50 bits per heavy atom. The van der Waals surface area contributed by atoms with E-state index in [1.807, 2.05) is 12.1 Å². The maximum atomic E-state index is 11.8. The van der Waals surface area contributed by atoms with Crippen LogP contribution in [0.2, 0.25) is 0 Å². The molecule has 1 saturated carbocycles. The van der Waals surface area contributed by atoms with Crippen molar-refractivity contribution in [1.29, 1.82) is 0 Å². The van der Waals surface area contributed by atoms with Crippen molar-refractivity contribution in [3.63, 3.8) is 0 Å². The molecule has 1 aromatic carbocycles. The van der Waals surface area contributed by atoms with Crippen LogP contribution in [0.1, 0.15) is 38.2 Å². The number of carbonyl (C=O) groups is 1. The fourth-order valence-electron chi connectivity index (χ4n) is 2.40. The molecule has 1 aliphatic carbocycles. The van der Waals surface area contributed by atoms with Gasteiger partial charge >= 0.3 is 0 Å². The van der Waals surface area contributed by atoms with Gasteiger partial charge in [-0.2, -0.15) is 0 Å². The quantitative estimate of drug-likeness (QED) is 0.838. The summed E-state index contributed by atoms with van der Waals surface area (Å²) in [6.07, 6.45) is 6.02. The molecule has 0 aliphatic heterocycles. The molecule has 0 aromatic heterocycles. The van der Waals surface area contributed by atoms with Crippen molar-refractivity contribution in [3.8, 4) is 0 Å². The van der Waals surface area contributed by atoms with E-state index in [1.165, 1.54) is 31.2 Å². The number of aryl methyl sites for hydroxylation is 1. The van der Waals surface area contributed by atoms with Crippen LogP contribution in [0, 0.1) is 0 Å². The summed E-state index contributed by atoms with van der Waals surface area (Å²) in [5, 5.41) is 6.23. The van der Waals surface area contributed by atoms with Crippen molar-refractivity contribution < 1.29 is 4.79 Å². The Hall–Kier alpha value is -1.35. The molecule has 1 aliphatic rings. The first-order chi connectivity index (χ1) is 8.78. The highest BCUT2D eigenvalue weighted by Crippen LogP contribution is 2.17. The molecule has 2 rings (SSSR count). The monoisotopic (exact) mass is 246 g/mol. The van der Waals surface area contributed by atoms with Crippen LogP contribution in [0.3, 0.4) is 0 Å². The first-order valence-electron chi connectivity index (χ1n) is 6.90. The number of rotatable bonds is 5. The van der Waals surface area contributed by atoms with E-state index in [1.54, 1.807) is 0 Å². The maximum absolute atomic E-state index is 11.8. The summed E-state index contributed by atoms with van der Waals surface area (Å²) in [4.78, 5) is 11.8. The Bertz CT molecular complexity index is 380. The molecule has 98 valence electrons. The molecule has 0 atom stereocenters. The minimum absolute atomic E-state index is 0.0474. The van der Waals surface area contributed by atoms with E-state index in [4.69, 9.17) is 0 Å². The maximum Gasteiger partial charge on any atom is 0.238 e. The molecular weight excluding hydrogens is 224 g/mol. The van der Waals surface area contributed by atoms with E-state index in [-0.39, 0.29) is 5.91 Å². The molecule has 0 radical (unpaired) electrons. The van der Waals surface area contributed by atoms with Crippen LogP contribution in [0.15, 0.2) is 24.3 Å². The second-order valence-electron chi connectivity index (χ2n) is 4.96.